The minimum atomic E-state index is 0.342. The van der Waals surface area contributed by atoms with Gasteiger partial charge in [0.1, 0.15) is 0 Å². The van der Waals surface area contributed by atoms with E-state index < -0.39 is 0 Å². The summed E-state index contributed by atoms with van der Waals surface area (Å²) in [7, 11) is 0. The Morgan fingerprint density at radius 3 is 3.44 bits per heavy atom. The van der Waals surface area contributed by atoms with E-state index >= 15 is 0 Å². The van der Waals surface area contributed by atoms with Gasteiger partial charge in [-0.3, -0.25) is 9.88 Å². The molecule has 100 valence electrons. The highest BCUT2D eigenvalue weighted by molar-refractivity contribution is 7.09. The first kappa shape index (κ1) is 12.5. The fraction of sp³-hybridized carbons (Fsp3) is 0.769. The SMILES string of the molecule is CC(NCC1CN2CCCC2CO1)c1cncs1. The molecule has 3 rings (SSSR count). The third kappa shape index (κ3) is 2.74. The predicted octanol–water partition coefficient (Wildman–Crippen LogP) is 1.66. The van der Waals surface area contributed by atoms with Gasteiger partial charge in [-0.15, -0.1) is 11.3 Å². The number of ether oxygens (including phenoxy) is 1. The number of aromatic nitrogens is 1. The summed E-state index contributed by atoms with van der Waals surface area (Å²) >= 11 is 1.71. The minimum Gasteiger partial charge on any atom is -0.374 e. The molecule has 0 spiro atoms. The third-order valence-electron chi connectivity index (χ3n) is 3.99. The molecular formula is C13H21N3OS. The van der Waals surface area contributed by atoms with Crippen LogP contribution in [0.4, 0.5) is 0 Å². The van der Waals surface area contributed by atoms with Gasteiger partial charge in [0.15, 0.2) is 0 Å². The third-order valence-corrected chi connectivity index (χ3v) is 4.95. The zero-order valence-electron chi connectivity index (χ0n) is 10.8. The molecule has 0 amide bonds. The smallest absolute Gasteiger partial charge is 0.0827 e. The van der Waals surface area contributed by atoms with Gasteiger partial charge in [-0.1, -0.05) is 0 Å². The van der Waals surface area contributed by atoms with Crippen molar-refractivity contribution in [2.45, 2.75) is 38.0 Å². The van der Waals surface area contributed by atoms with Crippen molar-refractivity contribution >= 4 is 11.3 Å². The van der Waals surface area contributed by atoms with Crippen LogP contribution in [0.1, 0.15) is 30.7 Å². The van der Waals surface area contributed by atoms with Crippen LogP contribution in [0.5, 0.6) is 0 Å². The zero-order chi connectivity index (χ0) is 12.4. The van der Waals surface area contributed by atoms with Crippen LogP contribution in [0.2, 0.25) is 0 Å². The Labute approximate surface area is 112 Å². The second-order valence-corrected chi connectivity index (χ2v) is 6.20. The maximum Gasteiger partial charge on any atom is 0.0827 e. The van der Waals surface area contributed by atoms with E-state index in [0.29, 0.717) is 18.2 Å². The first-order valence-electron chi connectivity index (χ1n) is 6.80. The van der Waals surface area contributed by atoms with Crippen molar-refractivity contribution in [2.24, 2.45) is 0 Å². The lowest BCUT2D eigenvalue weighted by Crippen LogP contribution is -2.49. The molecule has 3 unspecified atom stereocenters. The standard InChI is InChI=1S/C13H21N3OS/c1-10(13-6-14-9-18-13)15-5-12-7-16-4-2-3-11(16)8-17-12/h6,9-12,15H,2-5,7-8H2,1H3. The van der Waals surface area contributed by atoms with E-state index in [9.17, 15) is 0 Å². The molecule has 1 aromatic heterocycles. The lowest BCUT2D eigenvalue weighted by molar-refractivity contribution is -0.0477. The summed E-state index contributed by atoms with van der Waals surface area (Å²) < 4.78 is 5.94. The monoisotopic (exact) mass is 267 g/mol. The van der Waals surface area contributed by atoms with Crippen molar-refractivity contribution in [3.63, 3.8) is 0 Å². The summed E-state index contributed by atoms with van der Waals surface area (Å²) in [5, 5.41) is 3.55. The van der Waals surface area contributed by atoms with E-state index in [2.05, 4.69) is 22.1 Å². The molecule has 1 aromatic rings. The molecule has 3 atom stereocenters. The fourth-order valence-electron chi connectivity index (χ4n) is 2.86. The number of hydrogen-bond donors (Lipinski definition) is 1. The molecule has 1 N–H and O–H groups in total. The van der Waals surface area contributed by atoms with Crippen molar-refractivity contribution in [2.75, 3.05) is 26.2 Å². The summed E-state index contributed by atoms with van der Waals surface area (Å²) in [5.74, 6) is 0. The van der Waals surface area contributed by atoms with Gasteiger partial charge in [-0.05, 0) is 26.3 Å². The number of morpholine rings is 1. The maximum absolute atomic E-state index is 5.94. The lowest BCUT2D eigenvalue weighted by Gasteiger charge is -2.35. The van der Waals surface area contributed by atoms with E-state index in [1.54, 1.807) is 11.3 Å². The fourth-order valence-corrected chi connectivity index (χ4v) is 3.51. The normalized spacial score (nSPS) is 30.3. The van der Waals surface area contributed by atoms with Crippen LogP contribution in [0.3, 0.4) is 0 Å². The first-order valence-corrected chi connectivity index (χ1v) is 7.68. The van der Waals surface area contributed by atoms with E-state index in [1.807, 2.05) is 11.7 Å². The van der Waals surface area contributed by atoms with E-state index in [4.69, 9.17) is 4.74 Å². The van der Waals surface area contributed by atoms with Gasteiger partial charge < -0.3 is 10.1 Å². The molecule has 18 heavy (non-hydrogen) atoms. The van der Waals surface area contributed by atoms with Gasteiger partial charge in [0, 0.05) is 36.2 Å². The van der Waals surface area contributed by atoms with Crippen LogP contribution in [0.25, 0.3) is 0 Å². The summed E-state index contributed by atoms with van der Waals surface area (Å²) in [5.41, 5.74) is 1.89. The molecule has 0 aliphatic carbocycles. The van der Waals surface area contributed by atoms with Crippen molar-refractivity contribution < 1.29 is 4.74 Å². The molecule has 5 heteroatoms. The zero-order valence-corrected chi connectivity index (χ0v) is 11.7. The molecule has 4 nitrogen and oxygen atoms in total. The van der Waals surface area contributed by atoms with Gasteiger partial charge in [0.25, 0.3) is 0 Å². The molecule has 0 aromatic carbocycles. The van der Waals surface area contributed by atoms with Gasteiger partial charge in [-0.2, -0.15) is 0 Å². The van der Waals surface area contributed by atoms with Crippen LogP contribution >= 0.6 is 11.3 Å². The molecule has 0 bridgehead atoms. The highest BCUT2D eigenvalue weighted by Crippen LogP contribution is 2.23. The molecule has 0 radical (unpaired) electrons. The molecule has 2 aliphatic rings. The quantitative estimate of drug-likeness (QED) is 0.900. The minimum absolute atomic E-state index is 0.342. The van der Waals surface area contributed by atoms with Crippen LogP contribution in [-0.2, 0) is 4.74 Å². The Balaban J connectivity index is 1.46. The second kappa shape index (κ2) is 5.65. The van der Waals surface area contributed by atoms with Gasteiger partial charge >= 0.3 is 0 Å². The lowest BCUT2D eigenvalue weighted by atomic mass is 10.2. The summed E-state index contributed by atoms with van der Waals surface area (Å²) in [6, 6.07) is 1.07. The molecule has 2 saturated heterocycles. The summed E-state index contributed by atoms with van der Waals surface area (Å²) in [6.45, 7) is 6.39. The Morgan fingerprint density at radius 1 is 1.67 bits per heavy atom. The topological polar surface area (TPSA) is 37.4 Å². The number of nitrogens with zero attached hydrogens (tertiary/aromatic N) is 2. The molecular weight excluding hydrogens is 246 g/mol. The average Bonchev–Trinajstić information content (AvgIpc) is 3.05. The highest BCUT2D eigenvalue weighted by Gasteiger charge is 2.32. The van der Waals surface area contributed by atoms with E-state index in [0.717, 1.165) is 19.7 Å². The van der Waals surface area contributed by atoms with Crippen LogP contribution in [-0.4, -0.2) is 48.3 Å². The van der Waals surface area contributed by atoms with E-state index in [-0.39, 0.29) is 0 Å². The van der Waals surface area contributed by atoms with Crippen molar-refractivity contribution in [3.05, 3.63) is 16.6 Å². The molecule has 0 saturated carbocycles. The number of fused-ring (bicyclic) bond motifs is 1. The number of hydrogen-bond acceptors (Lipinski definition) is 5. The average molecular weight is 267 g/mol. The number of thiazole rings is 1. The summed E-state index contributed by atoms with van der Waals surface area (Å²) in [6.07, 6.45) is 4.94. The van der Waals surface area contributed by atoms with Gasteiger partial charge in [0.05, 0.1) is 18.2 Å². The first-order chi connectivity index (χ1) is 8.83. The Kier molecular flexibility index (Phi) is 3.94. The molecule has 2 aliphatic heterocycles. The highest BCUT2D eigenvalue weighted by atomic mass is 32.1. The van der Waals surface area contributed by atoms with E-state index in [1.165, 1.54) is 24.3 Å². The number of nitrogens with one attached hydrogen (secondary N) is 1. The van der Waals surface area contributed by atoms with Crippen LogP contribution in [0.15, 0.2) is 11.7 Å². The molecule has 2 fully saturated rings. The van der Waals surface area contributed by atoms with Crippen molar-refractivity contribution in [1.82, 2.24) is 15.2 Å². The predicted molar refractivity (Wildman–Crippen MR) is 72.9 cm³/mol. The Hall–Kier alpha value is -0.490. The van der Waals surface area contributed by atoms with Crippen LogP contribution < -0.4 is 5.32 Å². The summed E-state index contributed by atoms with van der Waals surface area (Å²) in [4.78, 5) is 8.01. The second-order valence-electron chi connectivity index (χ2n) is 5.28. The van der Waals surface area contributed by atoms with Crippen LogP contribution in [0, 0.1) is 0 Å². The van der Waals surface area contributed by atoms with Crippen molar-refractivity contribution in [3.8, 4) is 0 Å². The molecule has 3 heterocycles. The maximum atomic E-state index is 5.94. The largest absolute Gasteiger partial charge is 0.374 e. The van der Waals surface area contributed by atoms with Crippen molar-refractivity contribution in [1.29, 1.82) is 0 Å². The van der Waals surface area contributed by atoms with Gasteiger partial charge in [-0.25, -0.2) is 0 Å². The Morgan fingerprint density at radius 2 is 2.61 bits per heavy atom. The number of rotatable bonds is 4. The van der Waals surface area contributed by atoms with Gasteiger partial charge in [0.2, 0.25) is 0 Å². The Bertz CT molecular complexity index is 370.